The van der Waals surface area contributed by atoms with Crippen LogP contribution in [0.25, 0.3) is 0 Å². The van der Waals surface area contributed by atoms with Crippen molar-refractivity contribution in [3.05, 3.63) is 0 Å². The Morgan fingerprint density at radius 2 is 1.86 bits per heavy atom. The standard InChI is InChI=1S/C6H13I/c1-4-5(2)6(3)7/h5-6H,4H2,1-3H3. The van der Waals surface area contributed by atoms with E-state index in [1.165, 1.54) is 6.42 Å². The van der Waals surface area contributed by atoms with E-state index in [-0.39, 0.29) is 0 Å². The summed E-state index contributed by atoms with van der Waals surface area (Å²) in [7, 11) is 0. The van der Waals surface area contributed by atoms with Crippen molar-refractivity contribution >= 4 is 22.6 Å². The molecule has 1 heteroatoms. The first-order valence-electron chi connectivity index (χ1n) is 2.82. The maximum absolute atomic E-state index is 2.47. The molecule has 2 atom stereocenters. The minimum absolute atomic E-state index is 0.836. The van der Waals surface area contributed by atoms with E-state index in [4.69, 9.17) is 0 Å². The van der Waals surface area contributed by atoms with Crippen molar-refractivity contribution in [1.29, 1.82) is 0 Å². The van der Waals surface area contributed by atoms with Crippen molar-refractivity contribution in [3.63, 3.8) is 0 Å². The third-order valence-corrected chi connectivity index (χ3v) is 2.66. The third kappa shape index (κ3) is 3.32. The topological polar surface area (TPSA) is 0 Å². The number of rotatable bonds is 2. The number of hydrogen-bond donors (Lipinski definition) is 0. The Morgan fingerprint density at radius 3 is 1.86 bits per heavy atom. The van der Waals surface area contributed by atoms with Crippen LogP contribution in [0.2, 0.25) is 0 Å². The zero-order chi connectivity index (χ0) is 5.86. The molecule has 0 N–H and O–H groups in total. The lowest BCUT2D eigenvalue weighted by Gasteiger charge is -2.08. The Morgan fingerprint density at radius 1 is 1.43 bits per heavy atom. The van der Waals surface area contributed by atoms with Crippen LogP contribution < -0.4 is 0 Å². The van der Waals surface area contributed by atoms with Crippen molar-refractivity contribution in [3.8, 4) is 0 Å². The number of hydrogen-bond acceptors (Lipinski definition) is 0. The lowest BCUT2D eigenvalue weighted by Crippen LogP contribution is -2.03. The smallest absolute Gasteiger partial charge is 0.0107 e. The minimum Gasteiger partial charge on any atom is -0.0826 e. The monoisotopic (exact) mass is 212 g/mol. The highest BCUT2D eigenvalue weighted by Crippen LogP contribution is 2.14. The van der Waals surface area contributed by atoms with E-state index in [2.05, 4.69) is 43.4 Å². The Balaban J connectivity index is 3.14. The molecule has 0 amide bonds. The number of halogens is 1. The second-order valence-corrected chi connectivity index (χ2v) is 4.03. The fourth-order valence-corrected chi connectivity index (χ4v) is 0.833. The van der Waals surface area contributed by atoms with Gasteiger partial charge in [-0.15, -0.1) is 0 Å². The molecule has 0 radical (unpaired) electrons. The molecule has 0 aliphatic carbocycles. The molecule has 2 unspecified atom stereocenters. The molecule has 0 saturated carbocycles. The van der Waals surface area contributed by atoms with Crippen LogP contribution in [0.4, 0.5) is 0 Å². The quantitative estimate of drug-likeness (QED) is 0.487. The molecule has 0 fully saturated rings. The summed E-state index contributed by atoms with van der Waals surface area (Å²) >= 11 is 2.47. The Labute approximate surface area is 59.8 Å². The first kappa shape index (κ1) is 7.73. The highest BCUT2D eigenvalue weighted by atomic mass is 127. The van der Waals surface area contributed by atoms with Crippen LogP contribution in [0.1, 0.15) is 27.2 Å². The molecule has 0 nitrogen and oxygen atoms in total. The lowest BCUT2D eigenvalue weighted by molar-refractivity contribution is 0.572. The van der Waals surface area contributed by atoms with Gasteiger partial charge in [-0.25, -0.2) is 0 Å². The zero-order valence-corrected chi connectivity index (χ0v) is 7.40. The number of alkyl halides is 1. The molecule has 0 aromatic heterocycles. The van der Waals surface area contributed by atoms with Gasteiger partial charge in [0, 0.05) is 3.92 Å². The molecule has 7 heavy (non-hydrogen) atoms. The van der Waals surface area contributed by atoms with E-state index < -0.39 is 0 Å². The molecule has 0 aliphatic heterocycles. The Kier molecular flexibility index (Phi) is 4.08. The molecule has 0 saturated heterocycles. The average Bonchev–Trinajstić information content (AvgIpc) is 1.65. The maximum atomic E-state index is 2.47. The van der Waals surface area contributed by atoms with E-state index in [9.17, 15) is 0 Å². The van der Waals surface area contributed by atoms with E-state index in [1.54, 1.807) is 0 Å². The van der Waals surface area contributed by atoms with Crippen LogP contribution in [0.5, 0.6) is 0 Å². The summed E-state index contributed by atoms with van der Waals surface area (Å²) in [4.78, 5) is 0. The summed E-state index contributed by atoms with van der Waals surface area (Å²) in [6.07, 6.45) is 1.31. The molecule has 0 aromatic carbocycles. The molecule has 0 spiro atoms. The zero-order valence-electron chi connectivity index (χ0n) is 5.24. The van der Waals surface area contributed by atoms with Gasteiger partial charge in [-0.2, -0.15) is 0 Å². The van der Waals surface area contributed by atoms with Crippen molar-refractivity contribution in [2.45, 2.75) is 31.1 Å². The fourth-order valence-electron chi connectivity index (χ4n) is 0.325. The first-order valence-corrected chi connectivity index (χ1v) is 4.07. The van der Waals surface area contributed by atoms with Crippen molar-refractivity contribution < 1.29 is 0 Å². The van der Waals surface area contributed by atoms with Crippen LogP contribution in [-0.4, -0.2) is 3.92 Å². The van der Waals surface area contributed by atoms with Gasteiger partial charge in [0.25, 0.3) is 0 Å². The van der Waals surface area contributed by atoms with E-state index in [0.29, 0.717) is 0 Å². The van der Waals surface area contributed by atoms with Gasteiger partial charge in [0.1, 0.15) is 0 Å². The van der Waals surface area contributed by atoms with Crippen molar-refractivity contribution in [2.24, 2.45) is 5.92 Å². The van der Waals surface area contributed by atoms with Gasteiger partial charge in [-0.1, -0.05) is 49.8 Å². The maximum Gasteiger partial charge on any atom is 0.0107 e. The Bertz CT molecular complexity index is 41.4. The molecule has 44 valence electrons. The van der Waals surface area contributed by atoms with E-state index in [1.807, 2.05) is 0 Å². The molecule has 0 rings (SSSR count). The molecular formula is C6H13I. The van der Waals surface area contributed by atoms with Gasteiger partial charge in [-0.05, 0) is 5.92 Å². The summed E-state index contributed by atoms with van der Waals surface area (Å²) in [5.74, 6) is 0.889. The highest BCUT2D eigenvalue weighted by Gasteiger charge is 2.03. The van der Waals surface area contributed by atoms with Crippen LogP contribution in [0.3, 0.4) is 0 Å². The van der Waals surface area contributed by atoms with Crippen molar-refractivity contribution in [2.75, 3.05) is 0 Å². The van der Waals surface area contributed by atoms with Crippen molar-refractivity contribution in [1.82, 2.24) is 0 Å². The molecule has 0 aromatic rings. The van der Waals surface area contributed by atoms with Gasteiger partial charge < -0.3 is 0 Å². The summed E-state index contributed by atoms with van der Waals surface area (Å²) in [5, 5.41) is 0. The summed E-state index contributed by atoms with van der Waals surface area (Å²) in [6, 6.07) is 0. The van der Waals surface area contributed by atoms with Gasteiger partial charge in [0.05, 0.1) is 0 Å². The van der Waals surface area contributed by atoms with Gasteiger partial charge in [-0.3, -0.25) is 0 Å². The summed E-state index contributed by atoms with van der Waals surface area (Å²) < 4.78 is 0.836. The largest absolute Gasteiger partial charge is 0.0826 e. The average molecular weight is 212 g/mol. The van der Waals surface area contributed by atoms with Crippen LogP contribution in [0.15, 0.2) is 0 Å². The van der Waals surface area contributed by atoms with Crippen LogP contribution in [-0.2, 0) is 0 Å². The SMILES string of the molecule is CCC(C)C(C)I. The second-order valence-electron chi connectivity index (χ2n) is 2.06. The molecule has 0 bridgehead atoms. The van der Waals surface area contributed by atoms with Gasteiger partial charge in [0.15, 0.2) is 0 Å². The Hall–Kier alpha value is 0.730. The van der Waals surface area contributed by atoms with E-state index >= 15 is 0 Å². The second kappa shape index (κ2) is 3.70. The molecular weight excluding hydrogens is 199 g/mol. The third-order valence-electron chi connectivity index (χ3n) is 1.43. The lowest BCUT2D eigenvalue weighted by atomic mass is 10.1. The predicted octanol–water partition coefficient (Wildman–Crippen LogP) is 2.86. The predicted molar refractivity (Wildman–Crippen MR) is 42.9 cm³/mol. The first-order chi connectivity index (χ1) is 3.18. The molecule has 0 heterocycles. The summed E-state index contributed by atoms with van der Waals surface area (Å²) in [6.45, 7) is 6.78. The minimum atomic E-state index is 0.836. The molecule has 0 aliphatic rings. The van der Waals surface area contributed by atoms with Gasteiger partial charge >= 0.3 is 0 Å². The van der Waals surface area contributed by atoms with Crippen LogP contribution in [0, 0.1) is 5.92 Å². The van der Waals surface area contributed by atoms with Crippen LogP contribution >= 0.6 is 22.6 Å². The highest BCUT2D eigenvalue weighted by molar-refractivity contribution is 14.1. The fraction of sp³-hybridized carbons (Fsp3) is 1.00. The summed E-state index contributed by atoms with van der Waals surface area (Å²) in [5.41, 5.74) is 0. The van der Waals surface area contributed by atoms with E-state index in [0.717, 1.165) is 9.84 Å². The normalized spacial score (nSPS) is 18.9. The van der Waals surface area contributed by atoms with Gasteiger partial charge in [0.2, 0.25) is 0 Å².